The second-order valence-electron chi connectivity index (χ2n) is 5.21. The Kier molecular flexibility index (Phi) is 5.72. The van der Waals surface area contributed by atoms with E-state index in [9.17, 15) is 0 Å². The lowest BCUT2D eigenvalue weighted by atomic mass is 10.2. The SMILES string of the molecule is CC(C)N(CCNCc1cccn1C)C(C)C. The first-order chi connectivity index (χ1) is 8.02. The highest BCUT2D eigenvalue weighted by Crippen LogP contribution is 2.03. The molecule has 1 N–H and O–H groups in total. The summed E-state index contributed by atoms with van der Waals surface area (Å²) in [6, 6.07) is 5.49. The molecule has 0 unspecified atom stereocenters. The Morgan fingerprint density at radius 1 is 1.24 bits per heavy atom. The lowest BCUT2D eigenvalue weighted by Crippen LogP contribution is -2.41. The van der Waals surface area contributed by atoms with Gasteiger partial charge in [-0.05, 0) is 39.8 Å². The largest absolute Gasteiger partial charge is 0.353 e. The molecule has 0 bridgehead atoms. The van der Waals surface area contributed by atoms with Crippen molar-refractivity contribution < 1.29 is 0 Å². The molecule has 0 atom stereocenters. The van der Waals surface area contributed by atoms with Crippen LogP contribution in [0.3, 0.4) is 0 Å². The fraction of sp³-hybridized carbons (Fsp3) is 0.714. The number of rotatable bonds is 7. The topological polar surface area (TPSA) is 20.2 Å². The van der Waals surface area contributed by atoms with E-state index < -0.39 is 0 Å². The minimum Gasteiger partial charge on any atom is -0.353 e. The van der Waals surface area contributed by atoms with E-state index in [-0.39, 0.29) is 0 Å². The van der Waals surface area contributed by atoms with Gasteiger partial charge in [-0.1, -0.05) is 0 Å². The zero-order valence-electron chi connectivity index (χ0n) is 11.9. The van der Waals surface area contributed by atoms with Crippen LogP contribution < -0.4 is 5.32 Å². The normalized spacial score (nSPS) is 12.0. The van der Waals surface area contributed by atoms with Crippen LogP contribution >= 0.6 is 0 Å². The highest BCUT2D eigenvalue weighted by molar-refractivity contribution is 5.05. The van der Waals surface area contributed by atoms with Crippen molar-refractivity contribution in [2.24, 2.45) is 7.05 Å². The molecule has 0 aliphatic carbocycles. The summed E-state index contributed by atoms with van der Waals surface area (Å²) in [5, 5.41) is 3.51. The highest BCUT2D eigenvalue weighted by atomic mass is 15.2. The zero-order valence-corrected chi connectivity index (χ0v) is 11.9. The molecular formula is C14H27N3. The van der Waals surface area contributed by atoms with Gasteiger partial charge in [0.15, 0.2) is 0 Å². The Bertz CT molecular complexity index is 307. The molecule has 17 heavy (non-hydrogen) atoms. The van der Waals surface area contributed by atoms with Gasteiger partial charge in [-0.25, -0.2) is 0 Å². The molecule has 0 aliphatic heterocycles. The summed E-state index contributed by atoms with van der Waals surface area (Å²) >= 11 is 0. The molecule has 0 aliphatic rings. The molecule has 98 valence electrons. The van der Waals surface area contributed by atoms with Gasteiger partial charge in [0.2, 0.25) is 0 Å². The molecule has 0 saturated carbocycles. The molecule has 0 radical (unpaired) electrons. The number of hydrogen-bond acceptors (Lipinski definition) is 2. The average molecular weight is 237 g/mol. The van der Waals surface area contributed by atoms with Gasteiger partial charge in [-0.15, -0.1) is 0 Å². The maximum absolute atomic E-state index is 3.51. The van der Waals surface area contributed by atoms with E-state index in [1.54, 1.807) is 0 Å². The first-order valence-corrected chi connectivity index (χ1v) is 6.59. The number of aromatic nitrogens is 1. The van der Waals surface area contributed by atoms with Crippen LogP contribution in [0.2, 0.25) is 0 Å². The van der Waals surface area contributed by atoms with Crippen LogP contribution in [-0.2, 0) is 13.6 Å². The Balaban J connectivity index is 2.25. The van der Waals surface area contributed by atoms with Gasteiger partial charge in [-0.3, -0.25) is 4.90 Å². The van der Waals surface area contributed by atoms with Crippen molar-refractivity contribution >= 4 is 0 Å². The number of hydrogen-bond donors (Lipinski definition) is 1. The summed E-state index contributed by atoms with van der Waals surface area (Å²) in [5.41, 5.74) is 1.34. The van der Waals surface area contributed by atoms with Crippen molar-refractivity contribution in [1.29, 1.82) is 0 Å². The summed E-state index contributed by atoms with van der Waals surface area (Å²) in [7, 11) is 2.09. The van der Waals surface area contributed by atoms with E-state index in [1.165, 1.54) is 5.69 Å². The predicted octanol–water partition coefficient (Wildman–Crippen LogP) is 2.23. The standard InChI is InChI=1S/C14H27N3/c1-12(2)17(13(3)4)10-8-15-11-14-7-6-9-16(14)5/h6-7,9,12-13,15H,8,10-11H2,1-5H3. The van der Waals surface area contributed by atoms with Crippen molar-refractivity contribution in [1.82, 2.24) is 14.8 Å². The van der Waals surface area contributed by atoms with Gasteiger partial charge in [0.05, 0.1) is 0 Å². The monoisotopic (exact) mass is 237 g/mol. The number of nitrogens with one attached hydrogen (secondary N) is 1. The van der Waals surface area contributed by atoms with Crippen molar-refractivity contribution in [3.63, 3.8) is 0 Å². The molecule has 0 amide bonds. The molecule has 0 aromatic carbocycles. The molecule has 1 rings (SSSR count). The first kappa shape index (κ1) is 14.3. The first-order valence-electron chi connectivity index (χ1n) is 6.59. The highest BCUT2D eigenvalue weighted by Gasteiger charge is 2.12. The zero-order chi connectivity index (χ0) is 12.8. The second kappa shape index (κ2) is 6.82. The third-order valence-corrected chi connectivity index (χ3v) is 3.23. The fourth-order valence-corrected chi connectivity index (χ4v) is 2.22. The third kappa shape index (κ3) is 4.52. The van der Waals surface area contributed by atoms with Crippen LogP contribution in [0.15, 0.2) is 18.3 Å². The molecule has 3 nitrogen and oxygen atoms in total. The lowest BCUT2D eigenvalue weighted by molar-refractivity contribution is 0.175. The number of aryl methyl sites for hydroxylation is 1. The van der Waals surface area contributed by atoms with E-state index in [1.807, 2.05) is 0 Å². The van der Waals surface area contributed by atoms with Gasteiger partial charge in [0, 0.05) is 50.7 Å². The van der Waals surface area contributed by atoms with E-state index in [0.717, 1.165) is 19.6 Å². The van der Waals surface area contributed by atoms with Crippen molar-refractivity contribution in [2.45, 2.75) is 46.3 Å². The van der Waals surface area contributed by atoms with E-state index in [2.05, 4.69) is 67.9 Å². The maximum atomic E-state index is 3.51. The molecule has 0 saturated heterocycles. The Morgan fingerprint density at radius 2 is 1.88 bits per heavy atom. The summed E-state index contributed by atoms with van der Waals surface area (Å²) in [6.45, 7) is 12.2. The fourth-order valence-electron chi connectivity index (χ4n) is 2.22. The number of nitrogens with zero attached hydrogens (tertiary/aromatic N) is 2. The third-order valence-electron chi connectivity index (χ3n) is 3.23. The van der Waals surface area contributed by atoms with E-state index in [4.69, 9.17) is 0 Å². The molecule has 1 heterocycles. The predicted molar refractivity (Wildman–Crippen MR) is 74.1 cm³/mol. The maximum Gasteiger partial charge on any atom is 0.0359 e. The molecule has 0 spiro atoms. The second-order valence-corrected chi connectivity index (χ2v) is 5.21. The Labute approximate surface area is 106 Å². The van der Waals surface area contributed by atoms with Gasteiger partial charge in [0.25, 0.3) is 0 Å². The lowest BCUT2D eigenvalue weighted by Gasteiger charge is -2.30. The average Bonchev–Trinajstić information content (AvgIpc) is 2.63. The molecule has 3 heteroatoms. The van der Waals surface area contributed by atoms with Crippen LogP contribution in [0.1, 0.15) is 33.4 Å². The summed E-state index contributed by atoms with van der Waals surface area (Å²) in [4.78, 5) is 2.51. The van der Waals surface area contributed by atoms with Crippen LogP contribution in [0.4, 0.5) is 0 Å². The minimum atomic E-state index is 0.617. The molecule has 0 fully saturated rings. The van der Waals surface area contributed by atoms with Crippen molar-refractivity contribution in [3.8, 4) is 0 Å². The quantitative estimate of drug-likeness (QED) is 0.734. The van der Waals surface area contributed by atoms with Gasteiger partial charge < -0.3 is 9.88 Å². The van der Waals surface area contributed by atoms with Gasteiger partial charge >= 0.3 is 0 Å². The van der Waals surface area contributed by atoms with Crippen LogP contribution in [0, 0.1) is 0 Å². The molecule has 1 aromatic heterocycles. The van der Waals surface area contributed by atoms with Crippen LogP contribution in [-0.4, -0.2) is 34.6 Å². The van der Waals surface area contributed by atoms with Crippen LogP contribution in [0.5, 0.6) is 0 Å². The Morgan fingerprint density at radius 3 is 2.35 bits per heavy atom. The Hall–Kier alpha value is -0.800. The van der Waals surface area contributed by atoms with Gasteiger partial charge in [-0.2, -0.15) is 0 Å². The van der Waals surface area contributed by atoms with Crippen LogP contribution in [0.25, 0.3) is 0 Å². The summed E-state index contributed by atoms with van der Waals surface area (Å²) in [6.07, 6.45) is 2.09. The molecular weight excluding hydrogens is 210 g/mol. The van der Waals surface area contributed by atoms with Crippen molar-refractivity contribution in [3.05, 3.63) is 24.0 Å². The van der Waals surface area contributed by atoms with Gasteiger partial charge in [0.1, 0.15) is 0 Å². The smallest absolute Gasteiger partial charge is 0.0359 e. The van der Waals surface area contributed by atoms with Crippen molar-refractivity contribution in [2.75, 3.05) is 13.1 Å². The van der Waals surface area contributed by atoms with E-state index >= 15 is 0 Å². The summed E-state index contributed by atoms with van der Waals surface area (Å²) < 4.78 is 2.16. The summed E-state index contributed by atoms with van der Waals surface area (Å²) in [5.74, 6) is 0. The minimum absolute atomic E-state index is 0.617. The molecule has 1 aromatic rings. The van der Waals surface area contributed by atoms with E-state index in [0.29, 0.717) is 12.1 Å².